The van der Waals surface area contributed by atoms with Gasteiger partial charge in [0.15, 0.2) is 0 Å². The molecule has 3 aromatic rings. The number of anilines is 2. The number of benzene rings is 2. The lowest BCUT2D eigenvalue weighted by molar-refractivity contribution is 0.134. The predicted octanol–water partition coefficient (Wildman–Crippen LogP) is 4.31. The number of ether oxygens (including phenoxy) is 1. The van der Waals surface area contributed by atoms with E-state index in [4.69, 9.17) is 16.3 Å². The number of nitrogens with zero attached hydrogens (tertiary/aromatic N) is 2. The number of rotatable bonds is 4. The zero-order valence-corrected chi connectivity index (χ0v) is 15.7. The summed E-state index contributed by atoms with van der Waals surface area (Å²) in [4.78, 5) is 15.6. The zero-order chi connectivity index (χ0) is 19.8. The molecule has 0 aliphatic carbocycles. The van der Waals surface area contributed by atoms with Crippen LogP contribution in [0, 0.1) is 18.6 Å². The predicted molar refractivity (Wildman–Crippen MR) is 102 cm³/mol. The van der Waals surface area contributed by atoms with E-state index in [0.29, 0.717) is 18.8 Å². The van der Waals surface area contributed by atoms with Gasteiger partial charge in [0.2, 0.25) is 11.8 Å². The summed E-state index contributed by atoms with van der Waals surface area (Å²) in [5.74, 6) is -1.34. The van der Waals surface area contributed by atoms with Crippen molar-refractivity contribution >= 4 is 23.2 Å². The molecule has 0 saturated heterocycles. The van der Waals surface area contributed by atoms with Crippen LogP contribution < -0.4 is 10.9 Å². The molecule has 5 nitrogen and oxygen atoms in total. The van der Waals surface area contributed by atoms with E-state index in [2.05, 4.69) is 10.3 Å². The maximum atomic E-state index is 13.9. The van der Waals surface area contributed by atoms with Crippen LogP contribution in [0.3, 0.4) is 0 Å². The Morgan fingerprint density at radius 1 is 1.18 bits per heavy atom. The van der Waals surface area contributed by atoms with E-state index in [1.54, 1.807) is 6.07 Å². The number of hydrogen-bond acceptors (Lipinski definition) is 4. The molecule has 8 heteroatoms. The Balaban J connectivity index is 1.71. The van der Waals surface area contributed by atoms with Crippen LogP contribution in [0.25, 0.3) is 0 Å². The Labute approximate surface area is 164 Å². The van der Waals surface area contributed by atoms with Crippen LogP contribution in [0.2, 0.25) is 5.02 Å². The molecule has 1 aliphatic heterocycles. The monoisotopic (exact) mass is 403 g/mol. The van der Waals surface area contributed by atoms with Gasteiger partial charge in [-0.15, -0.1) is 0 Å². The number of halogens is 3. The molecule has 0 radical (unpaired) electrons. The van der Waals surface area contributed by atoms with Crippen molar-refractivity contribution in [1.29, 1.82) is 0 Å². The van der Waals surface area contributed by atoms with E-state index in [1.165, 1.54) is 16.7 Å². The first-order valence-electron chi connectivity index (χ1n) is 8.59. The smallest absolute Gasteiger partial charge is 0.310 e. The lowest BCUT2D eigenvalue weighted by Crippen LogP contribution is -2.20. The SMILES string of the molecule is Cc1cc2c(cc1Nc1nc(=O)c(F)cn1Cc1ccc(F)c(Cl)c1)COC2. The fourth-order valence-corrected chi connectivity index (χ4v) is 3.33. The van der Waals surface area contributed by atoms with Gasteiger partial charge in [-0.05, 0) is 47.4 Å². The van der Waals surface area contributed by atoms with E-state index >= 15 is 0 Å². The Morgan fingerprint density at radius 3 is 2.68 bits per heavy atom. The summed E-state index contributed by atoms with van der Waals surface area (Å²) in [6.07, 6.45) is 1.07. The van der Waals surface area contributed by atoms with Crippen molar-refractivity contribution in [2.24, 2.45) is 0 Å². The van der Waals surface area contributed by atoms with Crippen molar-refractivity contribution in [2.75, 3.05) is 5.32 Å². The lowest BCUT2D eigenvalue weighted by Gasteiger charge is -2.16. The first kappa shape index (κ1) is 18.6. The van der Waals surface area contributed by atoms with Gasteiger partial charge in [-0.25, -0.2) is 4.39 Å². The Hall–Kier alpha value is -2.77. The van der Waals surface area contributed by atoms with Crippen LogP contribution in [-0.4, -0.2) is 9.55 Å². The average molecular weight is 404 g/mol. The molecule has 144 valence electrons. The Kier molecular flexibility index (Phi) is 4.87. The van der Waals surface area contributed by atoms with Crippen LogP contribution in [0.1, 0.15) is 22.3 Å². The lowest BCUT2D eigenvalue weighted by atomic mass is 10.1. The summed E-state index contributed by atoms with van der Waals surface area (Å²) in [5.41, 5.74) is 3.53. The molecule has 0 atom stereocenters. The first-order valence-corrected chi connectivity index (χ1v) is 8.96. The highest BCUT2D eigenvalue weighted by molar-refractivity contribution is 6.30. The molecule has 1 N–H and O–H groups in total. The van der Waals surface area contributed by atoms with E-state index in [0.717, 1.165) is 28.6 Å². The van der Waals surface area contributed by atoms with Crippen LogP contribution in [0.5, 0.6) is 0 Å². The van der Waals surface area contributed by atoms with Crippen LogP contribution in [-0.2, 0) is 24.5 Å². The Bertz CT molecular complexity index is 1130. The molecule has 1 aromatic heterocycles. The maximum Gasteiger partial charge on any atom is 0.310 e. The van der Waals surface area contributed by atoms with Crippen molar-refractivity contribution in [3.8, 4) is 0 Å². The summed E-state index contributed by atoms with van der Waals surface area (Å²) >= 11 is 5.83. The molecule has 0 unspecified atom stereocenters. The van der Waals surface area contributed by atoms with Gasteiger partial charge in [0.1, 0.15) is 5.82 Å². The van der Waals surface area contributed by atoms with Crippen molar-refractivity contribution in [1.82, 2.24) is 9.55 Å². The minimum atomic E-state index is -0.974. The Morgan fingerprint density at radius 2 is 1.93 bits per heavy atom. The molecular formula is C20H16ClF2N3O2. The van der Waals surface area contributed by atoms with Gasteiger partial charge in [-0.1, -0.05) is 23.7 Å². The molecule has 4 rings (SSSR count). The number of aromatic nitrogens is 2. The third-order valence-electron chi connectivity index (χ3n) is 4.60. The molecule has 2 aromatic carbocycles. The summed E-state index contributed by atoms with van der Waals surface area (Å²) < 4.78 is 34.2. The van der Waals surface area contributed by atoms with Crippen LogP contribution >= 0.6 is 11.6 Å². The highest BCUT2D eigenvalue weighted by atomic mass is 35.5. The van der Waals surface area contributed by atoms with Crippen molar-refractivity contribution < 1.29 is 13.5 Å². The van der Waals surface area contributed by atoms with Gasteiger partial charge < -0.3 is 14.6 Å². The molecule has 28 heavy (non-hydrogen) atoms. The molecule has 0 saturated carbocycles. The topological polar surface area (TPSA) is 56.2 Å². The minimum Gasteiger partial charge on any atom is -0.372 e. The number of aryl methyl sites for hydroxylation is 1. The zero-order valence-electron chi connectivity index (χ0n) is 14.9. The maximum absolute atomic E-state index is 13.9. The van der Waals surface area contributed by atoms with Gasteiger partial charge in [-0.3, -0.25) is 4.79 Å². The largest absolute Gasteiger partial charge is 0.372 e. The van der Waals surface area contributed by atoms with Crippen LogP contribution in [0.4, 0.5) is 20.4 Å². The van der Waals surface area contributed by atoms with Crippen molar-refractivity contribution in [2.45, 2.75) is 26.7 Å². The van der Waals surface area contributed by atoms with Crippen molar-refractivity contribution in [3.63, 3.8) is 0 Å². The van der Waals surface area contributed by atoms with Gasteiger partial charge in [0.25, 0.3) is 0 Å². The summed E-state index contributed by atoms with van der Waals surface area (Å²) in [7, 11) is 0. The second-order valence-electron chi connectivity index (χ2n) is 6.65. The van der Waals surface area contributed by atoms with Gasteiger partial charge >= 0.3 is 5.56 Å². The molecule has 0 amide bonds. The molecular weight excluding hydrogens is 388 g/mol. The van der Waals surface area contributed by atoms with Gasteiger partial charge in [0, 0.05) is 11.9 Å². The van der Waals surface area contributed by atoms with Crippen LogP contribution in [0.15, 0.2) is 41.3 Å². The van der Waals surface area contributed by atoms with E-state index in [1.807, 2.05) is 19.1 Å². The standard InChI is InChI=1S/C20H16ClF2N3O2/c1-11-4-13-9-28-10-14(13)6-18(11)24-20-25-19(27)17(23)8-26(20)7-12-2-3-16(22)15(21)5-12/h2-6,8H,7,9-10H2,1H3,(H,24,25,27). The molecule has 0 fully saturated rings. The highest BCUT2D eigenvalue weighted by Gasteiger charge is 2.16. The average Bonchev–Trinajstić information content (AvgIpc) is 3.09. The quantitative estimate of drug-likeness (QED) is 0.705. The van der Waals surface area contributed by atoms with Gasteiger partial charge in [-0.2, -0.15) is 9.37 Å². The molecule has 2 heterocycles. The summed E-state index contributed by atoms with van der Waals surface area (Å²) in [6.45, 7) is 3.16. The van der Waals surface area contributed by atoms with E-state index < -0.39 is 17.2 Å². The number of fused-ring (bicyclic) bond motifs is 1. The van der Waals surface area contributed by atoms with E-state index in [9.17, 15) is 13.6 Å². The third kappa shape index (κ3) is 3.63. The summed E-state index contributed by atoms with van der Waals surface area (Å²) in [5, 5.41) is 3.08. The normalized spacial score (nSPS) is 12.9. The third-order valence-corrected chi connectivity index (χ3v) is 4.89. The molecule has 0 bridgehead atoms. The fraction of sp³-hybridized carbons (Fsp3) is 0.200. The highest BCUT2D eigenvalue weighted by Crippen LogP contribution is 2.28. The molecule has 0 spiro atoms. The second kappa shape index (κ2) is 7.33. The summed E-state index contributed by atoms with van der Waals surface area (Å²) in [6, 6.07) is 8.18. The fourth-order valence-electron chi connectivity index (χ4n) is 3.13. The number of nitrogens with one attached hydrogen (secondary N) is 1. The first-order chi connectivity index (χ1) is 13.4. The second-order valence-corrected chi connectivity index (χ2v) is 7.05. The minimum absolute atomic E-state index is 0.0315. The molecule has 1 aliphatic rings. The number of hydrogen-bond donors (Lipinski definition) is 1. The van der Waals surface area contributed by atoms with Gasteiger partial charge in [0.05, 0.1) is 24.8 Å². The van der Waals surface area contributed by atoms with Crippen molar-refractivity contribution in [3.05, 3.63) is 85.8 Å². The van der Waals surface area contributed by atoms with E-state index in [-0.39, 0.29) is 17.5 Å².